The summed E-state index contributed by atoms with van der Waals surface area (Å²) in [6.07, 6.45) is 2.64. The minimum atomic E-state index is 0.243. The third kappa shape index (κ3) is 4.40. The summed E-state index contributed by atoms with van der Waals surface area (Å²) < 4.78 is 5.17. The maximum absolute atomic E-state index is 5.17. The summed E-state index contributed by atoms with van der Waals surface area (Å²) >= 11 is 0. The van der Waals surface area contributed by atoms with Gasteiger partial charge in [-0.25, -0.2) is 0 Å². The van der Waals surface area contributed by atoms with Gasteiger partial charge in [0, 0.05) is 31.7 Å². The molecular formula is C11H24N2O. The van der Waals surface area contributed by atoms with E-state index in [2.05, 4.69) is 24.5 Å². The van der Waals surface area contributed by atoms with Crippen molar-refractivity contribution in [3.05, 3.63) is 0 Å². The highest BCUT2D eigenvalue weighted by Crippen LogP contribution is 2.13. The van der Waals surface area contributed by atoms with Crippen molar-refractivity contribution in [2.45, 2.75) is 32.7 Å². The van der Waals surface area contributed by atoms with Gasteiger partial charge in [0.2, 0.25) is 0 Å². The van der Waals surface area contributed by atoms with Crippen LogP contribution in [0.3, 0.4) is 0 Å². The van der Waals surface area contributed by atoms with Gasteiger partial charge in [-0.1, -0.05) is 13.8 Å². The second kappa shape index (κ2) is 5.69. The van der Waals surface area contributed by atoms with Crippen LogP contribution >= 0.6 is 0 Å². The van der Waals surface area contributed by atoms with Crippen LogP contribution in [-0.4, -0.2) is 39.4 Å². The molecule has 0 aliphatic carbocycles. The van der Waals surface area contributed by atoms with Gasteiger partial charge in [0.05, 0.1) is 6.61 Å². The number of rotatable bonds is 6. The van der Waals surface area contributed by atoms with Crippen LogP contribution in [0.15, 0.2) is 0 Å². The monoisotopic (exact) mass is 200 g/mol. The first kappa shape index (κ1) is 12.0. The lowest BCUT2D eigenvalue weighted by atomic mass is 9.95. The fraction of sp³-hybridized carbons (Fsp3) is 1.00. The molecule has 1 saturated heterocycles. The molecule has 3 nitrogen and oxygen atoms in total. The van der Waals surface area contributed by atoms with E-state index >= 15 is 0 Å². The Balaban J connectivity index is 2.07. The molecule has 0 amide bonds. The molecule has 1 heterocycles. The van der Waals surface area contributed by atoms with Gasteiger partial charge >= 0.3 is 0 Å². The van der Waals surface area contributed by atoms with Gasteiger partial charge in [-0.05, 0) is 19.4 Å². The summed E-state index contributed by atoms with van der Waals surface area (Å²) in [5, 5.41) is 6.99. The van der Waals surface area contributed by atoms with Crippen molar-refractivity contribution in [2.75, 3.05) is 33.4 Å². The van der Waals surface area contributed by atoms with Gasteiger partial charge < -0.3 is 15.4 Å². The Bertz CT molecular complexity index is 153. The average molecular weight is 200 g/mol. The van der Waals surface area contributed by atoms with Crippen LogP contribution in [0.1, 0.15) is 26.7 Å². The third-order valence-electron chi connectivity index (χ3n) is 2.69. The van der Waals surface area contributed by atoms with Crippen LogP contribution in [0.4, 0.5) is 0 Å². The average Bonchev–Trinajstić information content (AvgIpc) is 2.56. The normalized spacial score (nSPS) is 22.9. The van der Waals surface area contributed by atoms with Crippen LogP contribution in [0.5, 0.6) is 0 Å². The number of ether oxygens (including phenoxy) is 1. The van der Waals surface area contributed by atoms with E-state index in [4.69, 9.17) is 4.74 Å². The molecule has 0 aromatic heterocycles. The highest BCUT2D eigenvalue weighted by Gasteiger charge is 2.19. The summed E-state index contributed by atoms with van der Waals surface area (Å²) in [5.41, 5.74) is 0.243. The fourth-order valence-electron chi connectivity index (χ4n) is 1.96. The molecule has 3 heteroatoms. The summed E-state index contributed by atoms with van der Waals surface area (Å²) in [4.78, 5) is 0. The lowest BCUT2D eigenvalue weighted by molar-refractivity contribution is 0.103. The SMILES string of the molecule is COCC(C)(C)CNCC1CCCN1. The van der Waals surface area contributed by atoms with Crippen molar-refractivity contribution in [1.82, 2.24) is 10.6 Å². The first-order valence-corrected chi connectivity index (χ1v) is 5.57. The molecule has 2 N–H and O–H groups in total. The molecule has 0 aromatic rings. The standard InChI is InChI=1S/C11H24N2O/c1-11(2,9-14-3)8-12-7-10-5-4-6-13-10/h10,12-13H,4-9H2,1-3H3. The Labute approximate surface area is 87.6 Å². The van der Waals surface area contributed by atoms with Crippen LogP contribution in [0.25, 0.3) is 0 Å². The second-order valence-electron chi connectivity index (χ2n) is 5.02. The number of methoxy groups -OCH3 is 1. The molecule has 0 bridgehead atoms. The summed E-state index contributed by atoms with van der Waals surface area (Å²) in [5.74, 6) is 0. The van der Waals surface area contributed by atoms with Gasteiger partial charge in [0.25, 0.3) is 0 Å². The van der Waals surface area contributed by atoms with Gasteiger partial charge in [-0.15, -0.1) is 0 Å². The molecule has 0 spiro atoms. The summed E-state index contributed by atoms with van der Waals surface area (Å²) in [7, 11) is 1.76. The zero-order chi connectivity index (χ0) is 10.4. The van der Waals surface area contributed by atoms with Crippen molar-refractivity contribution in [3.63, 3.8) is 0 Å². The molecule has 14 heavy (non-hydrogen) atoms. The van der Waals surface area contributed by atoms with E-state index in [1.807, 2.05) is 0 Å². The molecule has 1 aliphatic rings. The molecular weight excluding hydrogens is 176 g/mol. The minimum absolute atomic E-state index is 0.243. The molecule has 1 unspecified atom stereocenters. The predicted molar refractivity (Wildman–Crippen MR) is 59.6 cm³/mol. The minimum Gasteiger partial charge on any atom is -0.384 e. The Hall–Kier alpha value is -0.120. The molecule has 84 valence electrons. The van der Waals surface area contributed by atoms with E-state index in [0.29, 0.717) is 6.04 Å². The van der Waals surface area contributed by atoms with Crippen LogP contribution in [0, 0.1) is 5.41 Å². The Morgan fingerprint density at radius 1 is 1.50 bits per heavy atom. The van der Waals surface area contributed by atoms with Crippen molar-refractivity contribution >= 4 is 0 Å². The first-order chi connectivity index (χ1) is 6.64. The van der Waals surface area contributed by atoms with Crippen LogP contribution in [-0.2, 0) is 4.74 Å². The van der Waals surface area contributed by atoms with E-state index in [0.717, 1.165) is 19.7 Å². The van der Waals surface area contributed by atoms with Gasteiger partial charge in [-0.3, -0.25) is 0 Å². The largest absolute Gasteiger partial charge is 0.384 e. The van der Waals surface area contributed by atoms with Gasteiger partial charge in [0.1, 0.15) is 0 Å². The molecule has 1 rings (SSSR count). The first-order valence-electron chi connectivity index (χ1n) is 5.57. The van der Waals surface area contributed by atoms with Crippen molar-refractivity contribution in [2.24, 2.45) is 5.41 Å². The molecule has 0 saturated carbocycles. The topological polar surface area (TPSA) is 33.3 Å². The highest BCUT2D eigenvalue weighted by molar-refractivity contribution is 4.78. The highest BCUT2D eigenvalue weighted by atomic mass is 16.5. The second-order valence-corrected chi connectivity index (χ2v) is 5.02. The zero-order valence-corrected chi connectivity index (χ0v) is 9.73. The van der Waals surface area contributed by atoms with E-state index in [9.17, 15) is 0 Å². The molecule has 1 fully saturated rings. The maximum Gasteiger partial charge on any atom is 0.0525 e. The Morgan fingerprint density at radius 2 is 2.29 bits per heavy atom. The lowest BCUT2D eigenvalue weighted by Gasteiger charge is -2.24. The maximum atomic E-state index is 5.17. The smallest absolute Gasteiger partial charge is 0.0525 e. The summed E-state index contributed by atoms with van der Waals surface area (Å²) in [6, 6.07) is 0.688. The molecule has 1 aliphatic heterocycles. The third-order valence-corrected chi connectivity index (χ3v) is 2.69. The van der Waals surface area contributed by atoms with E-state index in [1.54, 1.807) is 7.11 Å². The number of nitrogens with one attached hydrogen (secondary N) is 2. The van der Waals surface area contributed by atoms with E-state index in [-0.39, 0.29) is 5.41 Å². The zero-order valence-electron chi connectivity index (χ0n) is 9.73. The van der Waals surface area contributed by atoms with Gasteiger partial charge in [-0.2, -0.15) is 0 Å². The predicted octanol–water partition coefficient (Wildman–Crippen LogP) is 1.00. The summed E-state index contributed by atoms with van der Waals surface area (Å²) in [6.45, 7) is 8.58. The molecule has 0 radical (unpaired) electrons. The quantitative estimate of drug-likeness (QED) is 0.671. The molecule has 0 aromatic carbocycles. The van der Waals surface area contributed by atoms with Crippen molar-refractivity contribution < 1.29 is 4.74 Å². The molecule has 1 atom stereocenters. The van der Waals surface area contributed by atoms with Crippen molar-refractivity contribution in [1.29, 1.82) is 0 Å². The number of hydrogen-bond acceptors (Lipinski definition) is 3. The van der Waals surface area contributed by atoms with Crippen molar-refractivity contribution in [3.8, 4) is 0 Å². The Kier molecular flexibility index (Phi) is 4.85. The lowest BCUT2D eigenvalue weighted by Crippen LogP contribution is -2.39. The van der Waals surface area contributed by atoms with E-state index < -0.39 is 0 Å². The fourth-order valence-corrected chi connectivity index (χ4v) is 1.96. The van der Waals surface area contributed by atoms with Crippen LogP contribution < -0.4 is 10.6 Å². The van der Waals surface area contributed by atoms with Crippen LogP contribution in [0.2, 0.25) is 0 Å². The number of hydrogen-bond donors (Lipinski definition) is 2. The van der Waals surface area contributed by atoms with E-state index in [1.165, 1.54) is 19.4 Å². The van der Waals surface area contributed by atoms with Gasteiger partial charge in [0.15, 0.2) is 0 Å². The Morgan fingerprint density at radius 3 is 2.86 bits per heavy atom.